The fourth-order valence-corrected chi connectivity index (χ4v) is 2.28. The van der Waals surface area contributed by atoms with Crippen LogP contribution in [0.3, 0.4) is 0 Å². The molecule has 1 unspecified atom stereocenters. The highest BCUT2D eigenvalue weighted by molar-refractivity contribution is 4.94. The summed E-state index contributed by atoms with van der Waals surface area (Å²) in [5, 5.41) is 0. The highest BCUT2D eigenvalue weighted by Gasteiger charge is 2.38. The van der Waals surface area contributed by atoms with Crippen molar-refractivity contribution in [3.8, 4) is 0 Å². The van der Waals surface area contributed by atoms with Crippen molar-refractivity contribution in [1.82, 2.24) is 4.90 Å². The second-order valence-corrected chi connectivity index (χ2v) is 5.78. The summed E-state index contributed by atoms with van der Waals surface area (Å²) in [6.07, 6.45) is 2.30. The number of nitrogens with two attached hydrogens (primary N) is 1. The standard InChI is InChI=1S/C12H26N2O/c1-11(2)5-7-14(10-11)12(3,9-13)6-8-15-4/h5-10,13H2,1-4H3. The maximum atomic E-state index is 5.92. The number of nitrogens with zero attached hydrogens (tertiary/aromatic N) is 1. The second-order valence-electron chi connectivity index (χ2n) is 5.78. The van der Waals surface area contributed by atoms with Crippen LogP contribution in [0.1, 0.15) is 33.6 Å². The molecule has 0 aliphatic carbocycles. The summed E-state index contributed by atoms with van der Waals surface area (Å²) in [5.41, 5.74) is 6.48. The second kappa shape index (κ2) is 4.81. The van der Waals surface area contributed by atoms with Gasteiger partial charge in [0.05, 0.1) is 0 Å². The highest BCUT2D eigenvalue weighted by Crippen LogP contribution is 2.34. The van der Waals surface area contributed by atoms with Gasteiger partial charge in [-0.1, -0.05) is 13.8 Å². The van der Waals surface area contributed by atoms with E-state index in [9.17, 15) is 0 Å². The SMILES string of the molecule is COCCC(C)(CN)N1CCC(C)(C)C1. The zero-order chi connectivity index (χ0) is 11.5. The molecule has 1 atom stereocenters. The minimum atomic E-state index is 0.115. The zero-order valence-electron chi connectivity index (χ0n) is 10.7. The molecule has 1 saturated heterocycles. The summed E-state index contributed by atoms with van der Waals surface area (Å²) in [7, 11) is 1.75. The molecule has 2 N–H and O–H groups in total. The summed E-state index contributed by atoms with van der Waals surface area (Å²) in [6.45, 7) is 10.8. The van der Waals surface area contributed by atoms with Crippen molar-refractivity contribution in [3.05, 3.63) is 0 Å². The first-order valence-electron chi connectivity index (χ1n) is 5.88. The summed E-state index contributed by atoms with van der Waals surface area (Å²) >= 11 is 0. The van der Waals surface area contributed by atoms with Crippen LogP contribution in [0.15, 0.2) is 0 Å². The molecule has 1 heterocycles. The van der Waals surface area contributed by atoms with Crippen molar-refractivity contribution in [1.29, 1.82) is 0 Å². The van der Waals surface area contributed by atoms with E-state index in [0.29, 0.717) is 12.0 Å². The van der Waals surface area contributed by atoms with Gasteiger partial charge in [-0.3, -0.25) is 4.90 Å². The van der Waals surface area contributed by atoms with Crippen LogP contribution in [-0.4, -0.2) is 43.8 Å². The van der Waals surface area contributed by atoms with Gasteiger partial charge in [0, 0.05) is 32.3 Å². The van der Waals surface area contributed by atoms with Gasteiger partial charge in [-0.15, -0.1) is 0 Å². The van der Waals surface area contributed by atoms with Crippen LogP contribution >= 0.6 is 0 Å². The molecule has 3 heteroatoms. The summed E-state index contributed by atoms with van der Waals surface area (Å²) in [5.74, 6) is 0. The number of hydrogen-bond donors (Lipinski definition) is 1. The molecular formula is C12H26N2O. The van der Waals surface area contributed by atoms with E-state index in [2.05, 4.69) is 25.7 Å². The van der Waals surface area contributed by atoms with E-state index in [-0.39, 0.29) is 5.54 Å². The molecule has 0 aromatic carbocycles. The zero-order valence-corrected chi connectivity index (χ0v) is 10.7. The maximum Gasteiger partial charge on any atom is 0.0480 e. The van der Waals surface area contributed by atoms with Crippen molar-refractivity contribution < 1.29 is 4.74 Å². The van der Waals surface area contributed by atoms with E-state index in [0.717, 1.165) is 19.6 Å². The van der Waals surface area contributed by atoms with E-state index in [1.165, 1.54) is 13.0 Å². The average Bonchev–Trinajstić information content (AvgIpc) is 2.56. The lowest BCUT2D eigenvalue weighted by atomic mass is 9.92. The Bertz CT molecular complexity index is 206. The Morgan fingerprint density at radius 2 is 2.13 bits per heavy atom. The summed E-state index contributed by atoms with van der Waals surface area (Å²) in [4.78, 5) is 2.53. The maximum absolute atomic E-state index is 5.92. The van der Waals surface area contributed by atoms with Gasteiger partial charge in [-0.25, -0.2) is 0 Å². The molecule has 15 heavy (non-hydrogen) atoms. The van der Waals surface area contributed by atoms with Gasteiger partial charge >= 0.3 is 0 Å². The third kappa shape index (κ3) is 3.16. The first-order chi connectivity index (χ1) is 6.93. The van der Waals surface area contributed by atoms with Gasteiger partial charge in [0.1, 0.15) is 0 Å². The van der Waals surface area contributed by atoms with Crippen molar-refractivity contribution in [2.24, 2.45) is 11.1 Å². The van der Waals surface area contributed by atoms with E-state index in [4.69, 9.17) is 10.5 Å². The fraction of sp³-hybridized carbons (Fsp3) is 1.00. The third-order valence-corrected chi connectivity index (χ3v) is 3.73. The predicted octanol–water partition coefficient (Wildman–Crippen LogP) is 1.47. The third-order valence-electron chi connectivity index (χ3n) is 3.73. The lowest BCUT2D eigenvalue weighted by Crippen LogP contribution is -2.51. The lowest BCUT2D eigenvalue weighted by molar-refractivity contribution is 0.0802. The number of hydrogen-bond acceptors (Lipinski definition) is 3. The average molecular weight is 214 g/mol. The predicted molar refractivity (Wildman–Crippen MR) is 63.9 cm³/mol. The Morgan fingerprint density at radius 1 is 1.47 bits per heavy atom. The fourth-order valence-electron chi connectivity index (χ4n) is 2.28. The molecule has 1 fully saturated rings. The van der Waals surface area contributed by atoms with Gasteiger partial charge in [0.2, 0.25) is 0 Å². The lowest BCUT2D eigenvalue weighted by Gasteiger charge is -2.38. The molecule has 0 bridgehead atoms. The number of likely N-dealkylation sites (tertiary alicyclic amines) is 1. The van der Waals surface area contributed by atoms with Gasteiger partial charge in [-0.05, 0) is 31.7 Å². The molecule has 0 aromatic heterocycles. The van der Waals surface area contributed by atoms with Crippen molar-refractivity contribution in [3.63, 3.8) is 0 Å². The molecule has 0 spiro atoms. The van der Waals surface area contributed by atoms with Gasteiger partial charge < -0.3 is 10.5 Å². The Balaban J connectivity index is 2.58. The first kappa shape index (κ1) is 12.9. The molecular weight excluding hydrogens is 188 g/mol. The van der Waals surface area contributed by atoms with Crippen LogP contribution < -0.4 is 5.73 Å². The van der Waals surface area contributed by atoms with E-state index >= 15 is 0 Å². The number of ether oxygens (including phenoxy) is 1. The van der Waals surface area contributed by atoms with Gasteiger partial charge in [0.25, 0.3) is 0 Å². The summed E-state index contributed by atoms with van der Waals surface area (Å²) < 4.78 is 5.17. The molecule has 3 nitrogen and oxygen atoms in total. The van der Waals surface area contributed by atoms with Crippen molar-refractivity contribution in [2.75, 3.05) is 33.4 Å². The minimum Gasteiger partial charge on any atom is -0.385 e. The van der Waals surface area contributed by atoms with Crippen molar-refractivity contribution in [2.45, 2.75) is 39.2 Å². The van der Waals surface area contributed by atoms with Crippen LogP contribution in [0.4, 0.5) is 0 Å². The van der Waals surface area contributed by atoms with Crippen LogP contribution in [-0.2, 0) is 4.74 Å². The number of rotatable bonds is 5. The molecule has 1 aliphatic rings. The molecule has 0 amide bonds. The first-order valence-corrected chi connectivity index (χ1v) is 5.88. The van der Waals surface area contributed by atoms with Gasteiger partial charge in [-0.2, -0.15) is 0 Å². The Hall–Kier alpha value is -0.120. The highest BCUT2D eigenvalue weighted by atomic mass is 16.5. The Morgan fingerprint density at radius 3 is 2.53 bits per heavy atom. The van der Waals surface area contributed by atoms with E-state index in [1.807, 2.05) is 0 Å². The quantitative estimate of drug-likeness (QED) is 0.753. The molecule has 0 aromatic rings. The largest absolute Gasteiger partial charge is 0.385 e. The van der Waals surface area contributed by atoms with Crippen LogP contribution in [0.2, 0.25) is 0 Å². The Kier molecular flexibility index (Phi) is 4.15. The topological polar surface area (TPSA) is 38.5 Å². The summed E-state index contributed by atoms with van der Waals surface area (Å²) in [6, 6.07) is 0. The van der Waals surface area contributed by atoms with Gasteiger partial charge in [0.15, 0.2) is 0 Å². The molecule has 90 valence electrons. The normalized spacial score (nSPS) is 25.4. The monoisotopic (exact) mass is 214 g/mol. The van der Waals surface area contributed by atoms with E-state index < -0.39 is 0 Å². The van der Waals surface area contributed by atoms with Crippen LogP contribution in [0.5, 0.6) is 0 Å². The molecule has 1 aliphatic heterocycles. The van der Waals surface area contributed by atoms with Crippen LogP contribution in [0.25, 0.3) is 0 Å². The molecule has 0 radical (unpaired) electrons. The van der Waals surface area contributed by atoms with E-state index in [1.54, 1.807) is 7.11 Å². The minimum absolute atomic E-state index is 0.115. The number of methoxy groups -OCH3 is 1. The Labute approximate surface area is 94.0 Å². The van der Waals surface area contributed by atoms with Crippen LogP contribution in [0, 0.1) is 5.41 Å². The smallest absolute Gasteiger partial charge is 0.0480 e. The van der Waals surface area contributed by atoms with Crippen molar-refractivity contribution >= 4 is 0 Å². The molecule has 1 rings (SSSR count). The molecule has 0 saturated carbocycles.